The maximum absolute atomic E-state index is 11.4. The fraction of sp³-hybridized carbons (Fsp3) is 0. The van der Waals surface area contributed by atoms with Crippen molar-refractivity contribution in [3.8, 4) is 11.3 Å². The third kappa shape index (κ3) is 3.43. The van der Waals surface area contributed by atoms with Gasteiger partial charge in [-0.25, -0.2) is 10.8 Å². The van der Waals surface area contributed by atoms with Crippen molar-refractivity contribution in [2.24, 2.45) is 17.3 Å². The van der Waals surface area contributed by atoms with Crippen LogP contribution in [0.15, 0.2) is 47.3 Å². The number of amides is 1. The number of nitrogens with one attached hydrogen (secondary N) is 1. The molecular weight excluding hydrogens is 308 g/mol. The molecule has 1 heterocycles. The number of hydrogen-bond donors (Lipinski definition) is 4. The summed E-state index contributed by atoms with van der Waals surface area (Å²) in [5.41, 5.74) is 11.3. The molecule has 0 aliphatic rings. The lowest BCUT2D eigenvalue weighted by molar-refractivity contribution is -0.114. The normalized spacial score (nSPS) is 11.3. The molecular formula is C13H13ClN6O2. The zero-order valence-electron chi connectivity index (χ0n) is 11.3. The fourth-order valence-corrected chi connectivity index (χ4v) is 1.91. The van der Waals surface area contributed by atoms with Crippen LogP contribution in [0.4, 0.5) is 5.69 Å². The first-order valence-electron chi connectivity index (χ1n) is 6.04. The number of benzene rings is 1. The van der Waals surface area contributed by atoms with Gasteiger partial charge in [0, 0.05) is 22.9 Å². The van der Waals surface area contributed by atoms with Gasteiger partial charge in [0.25, 0.3) is 11.5 Å². The summed E-state index contributed by atoms with van der Waals surface area (Å²) in [7, 11) is 0. The molecule has 0 atom stereocenters. The number of rotatable bonds is 4. The van der Waals surface area contributed by atoms with Gasteiger partial charge in [0.1, 0.15) is 5.70 Å². The van der Waals surface area contributed by atoms with Crippen LogP contribution in [0.5, 0.6) is 0 Å². The minimum Gasteiger partial charge on any atom is -0.393 e. The molecule has 1 aromatic carbocycles. The summed E-state index contributed by atoms with van der Waals surface area (Å²) in [6, 6.07) is 6.09. The van der Waals surface area contributed by atoms with E-state index in [2.05, 4.69) is 9.97 Å². The molecule has 1 amide bonds. The van der Waals surface area contributed by atoms with Crippen molar-refractivity contribution >= 4 is 23.2 Å². The van der Waals surface area contributed by atoms with E-state index in [0.717, 1.165) is 5.01 Å². The van der Waals surface area contributed by atoms with Crippen LogP contribution in [0, 0.1) is 0 Å². The Bertz CT molecular complexity index is 801. The highest BCUT2D eigenvalue weighted by Gasteiger charge is 2.12. The molecule has 22 heavy (non-hydrogen) atoms. The SMILES string of the molecule is NC(=O)/C(N)=C/N(N)c1ccc(Cl)cc1-c1cc(=O)[nH]cn1. The highest BCUT2D eigenvalue weighted by Crippen LogP contribution is 2.30. The van der Waals surface area contributed by atoms with Crippen molar-refractivity contribution in [3.05, 3.63) is 57.9 Å². The number of aromatic nitrogens is 2. The summed E-state index contributed by atoms with van der Waals surface area (Å²) in [5.74, 6) is 5.07. The molecule has 2 aromatic rings. The molecule has 114 valence electrons. The van der Waals surface area contributed by atoms with Gasteiger partial charge in [0.15, 0.2) is 0 Å². The summed E-state index contributed by atoms with van der Waals surface area (Å²) in [4.78, 5) is 28.9. The van der Waals surface area contributed by atoms with E-state index in [-0.39, 0.29) is 11.3 Å². The van der Waals surface area contributed by atoms with Gasteiger partial charge in [-0.3, -0.25) is 14.6 Å². The van der Waals surface area contributed by atoms with Gasteiger partial charge >= 0.3 is 0 Å². The van der Waals surface area contributed by atoms with Gasteiger partial charge in [-0.1, -0.05) is 11.6 Å². The Morgan fingerprint density at radius 3 is 2.68 bits per heavy atom. The number of anilines is 1. The summed E-state index contributed by atoms with van der Waals surface area (Å²) in [5, 5.41) is 1.54. The van der Waals surface area contributed by atoms with E-state index in [1.807, 2.05) is 0 Å². The number of nitrogens with two attached hydrogens (primary N) is 3. The molecule has 0 aliphatic carbocycles. The number of hydrogen-bond acceptors (Lipinski definition) is 6. The first-order valence-corrected chi connectivity index (χ1v) is 6.42. The number of primary amides is 1. The van der Waals surface area contributed by atoms with Crippen molar-refractivity contribution in [2.75, 3.05) is 5.01 Å². The lowest BCUT2D eigenvalue weighted by atomic mass is 10.1. The van der Waals surface area contributed by atoms with Crippen LogP contribution in [-0.4, -0.2) is 15.9 Å². The predicted octanol–water partition coefficient (Wildman–Crippen LogP) is 0.0558. The Morgan fingerprint density at radius 2 is 2.05 bits per heavy atom. The Kier molecular flexibility index (Phi) is 4.44. The molecule has 0 bridgehead atoms. The van der Waals surface area contributed by atoms with Gasteiger partial charge in [0.2, 0.25) is 0 Å². The number of nitrogens with zero attached hydrogens (tertiary/aromatic N) is 2. The van der Waals surface area contributed by atoms with Crippen LogP contribution < -0.4 is 27.9 Å². The van der Waals surface area contributed by atoms with Crippen molar-refractivity contribution in [1.29, 1.82) is 0 Å². The van der Waals surface area contributed by atoms with Gasteiger partial charge in [-0.2, -0.15) is 0 Å². The van der Waals surface area contributed by atoms with E-state index in [0.29, 0.717) is 22.0 Å². The summed E-state index contributed by atoms with van der Waals surface area (Å²) in [6.45, 7) is 0. The van der Waals surface area contributed by atoms with Crippen molar-refractivity contribution in [1.82, 2.24) is 9.97 Å². The van der Waals surface area contributed by atoms with Crippen LogP contribution in [0.1, 0.15) is 0 Å². The van der Waals surface area contributed by atoms with Crippen molar-refractivity contribution in [2.45, 2.75) is 0 Å². The Labute approximate surface area is 130 Å². The third-order valence-corrected chi connectivity index (χ3v) is 2.99. The zero-order chi connectivity index (χ0) is 16.3. The molecule has 0 saturated heterocycles. The molecule has 8 nitrogen and oxygen atoms in total. The van der Waals surface area contributed by atoms with E-state index < -0.39 is 5.91 Å². The average Bonchev–Trinajstić information content (AvgIpc) is 2.46. The molecule has 0 aliphatic heterocycles. The minimum atomic E-state index is -0.805. The van der Waals surface area contributed by atoms with Crippen LogP contribution in [0.2, 0.25) is 5.02 Å². The molecule has 7 N–H and O–H groups in total. The van der Waals surface area contributed by atoms with Gasteiger partial charge < -0.3 is 16.5 Å². The molecule has 2 rings (SSSR count). The van der Waals surface area contributed by atoms with Crippen LogP contribution >= 0.6 is 11.6 Å². The lowest BCUT2D eigenvalue weighted by Gasteiger charge is -2.18. The molecule has 1 aromatic heterocycles. The highest BCUT2D eigenvalue weighted by atomic mass is 35.5. The number of hydrazine groups is 1. The maximum atomic E-state index is 11.4. The second kappa shape index (κ2) is 6.29. The minimum absolute atomic E-state index is 0.220. The van der Waals surface area contributed by atoms with E-state index in [9.17, 15) is 9.59 Å². The monoisotopic (exact) mass is 320 g/mol. The molecule has 0 radical (unpaired) electrons. The fourth-order valence-electron chi connectivity index (χ4n) is 1.74. The van der Waals surface area contributed by atoms with E-state index in [1.54, 1.807) is 18.2 Å². The van der Waals surface area contributed by atoms with E-state index >= 15 is 0 Å². The third-order valence-electron chi connectivity index (χ3n) is 2.75. The predicted molar refractivity (Wildman–Crippen MR) is 83.4 cm³/mol. The summed E-state index contributed by atoms with van der Waals surface area (Å²) < 4.78 is 0. The van der Waals surface area contributed by atoms with Gasteiger partial charge in [-0.15, -0.1) is 0 Å². The molecule has 0 spiro atoms. The van der Waals surface area contributed by atoms with Crippen molar-refractivity contribution in [3.63, 3.8) is 0 Å². The van der Waals surface area contributed by atoms with Gasteiger partial charge in [0.05, 0.1) is 17.7 Å². The second-order valence-corrected chi connectivity index (χ2v) is 4.75. The summed E-state index contributed by atoms with van der Waals surface area (Å²) in [6.07, 6.45) is 2.43. The molecule has 0 unspecified atom stereocenters. The standard InChI is InChI=1S/C13H13ClN6O2/c14-7-1-2-11(20(17)5-9(15)13(16)22)8(3-7)10-4-12(21)19-6-18-10/h1-6H,15,17H2,(H2,16,22)(H,18,19,21)/b9-5-. The Morgan fingerprint density at radius 1 is 1.32 bits per heavy atom. The summed E-state index contributed by atoms with van der Waals surface area (Å²) >= 11 is 5.98. The molecule has 9 heteroatoms. The van der Waals surface area contributed by atoms with Gasteiger partial charge in [-0.05, 0) is 18.2 Å². The maximum Gasteiger partial charge on any atom is 0.266 e. The zero-order valence-corrected chi connectivity index (χ0v) is 12.0. The number of carbonyl (C=O) groups is 1. The van der Waals surface area contributed by atoms with Crippen LogP contribution in [-0.2, 0) is 4.79 Å². The molecule has 0 saturated carbocycles. The van der Waals surface area contributed by atoms with Crippen LogP contribution in [0.25, 0.3) is 11.3 Å². The quantitative estimate of drug-likeness (QED) is 0.356. The number of aromatic amines is 1. The van der Waals surface area contributed by atoms with E-state index in [4.69, 9.17) is 28.9 Å². The topological polar surface area (TPSA) is 144 Å². The highest BCUT2D eigenvalue weighted by molar-refractivity contribution is 6.31. The van der Waals surface area contributed by atoms with Crippen LogP contribution in [0.3, 0.4) is 0 Å². The first-order chi connectivity index (χ1) is 10.4. The first kappa shape index (κ1) is 15.5. The largest absolute Gasteiger partial charge is 0.393 e. The molecule has 0 fully saturated rings. The Hall–Kier alpha value is -2.84. The average molecular weight is 321 g/mol. The number of halogens is 1. The lowest BCUT2D eigenvalue weighted by Crippen LogP contribution is -2.30. The van der Waals surface area contributed by atoms with E-state index in [1.165, 1.54) is 18.6 Å². The van der Waals surface area contributed by atoms with Crippen molar-refractivity contribution < 1.29 is 4.79 Å². The number of carbonyl (C=O) groups excluding carboxylic acids is 1. The smallest absolute Gasteiger partial charge is 0.266 e. The second-order valence-electron chi connectivity index (χ2n) is 4.31. The Balaban J connectivity index is 2.56. The number of H-pyrrole nitrogens is 1.